The first kappa shape index (κ1) is 24.2. The van der Waals surface area contributed by atoms with Crippen LogP contribution in [-0.2, 0) is 20.1 Å². The number of aromatic nitrogens is 2. The van der Waals surface area contributed by atoms with Gasteiger partial charge in [0.25, 0.3) is 0 Å². The molecular formula is C29H33N3O4. The lowest BCUT2D eigenvalue weighted by atomic mass is 10.1. The Hall–Kier alpha value is -3.55. The molecule has 0 spiro atoms. The lowest BCUT2D eigenvalue weighted by molar-refractivity contribution is 0.0736. The van der Waals surface area contributed by atoms with Crippen molar-refractivity contribution in [1.29, 1.82) is 0 Å². The summed E-state index contributed by atoms with van der Waals surface area (Å²) < 4.78 is 15.4. The predicted octanol–water partition coefficient (Wildman–Crippen LogP) is 3.66. The number of benzene rings is 3. The van der Waals surface area contributed by atoms with E-state index in [-0.39, 0.29) is 11.8 Å². The number of nitrogens with zero attached hydrogens (tertiary/aromatic N) is 3. The van der Waals surface area contributed by atoms with Gasteiger partial charge in [-0.1, -0.05) is 30.3 Å². The SMILES string of the molecule is Cc1ccc(O[C@H]2CN(Cc3ccc(OCCn4c(=O)n(C)c5ccccc54)cc3)C[C@@H]2O)cc1C. The van der Waals surface area contributed by atoms with Gasteiger partial charge in [0.05, 0.1) is 17.6 Å². The number of hydrogen-bond acceptors (Lipinski definition) is 5. The number of aliphatic hydroxyl groups excluding tert-OH is 1. The summed E-state index contributed by atoms with van der Waals surface area (Å²) in [4.78, 5) is 14.8. The number of likely N-dealkylation sites (tertiary alicyclic amines) is 1. The molecule has 2 heterocycles. The van der Waals surface area contributed by atoms with Crippen molar-refractivity contribution >= 4 is 11.0 Å². The second kappa shape index (κ2) is 10.2. The van der Waals surface area contributed by atoms with Gasteiger partial charge in [-0.25, -0.2) is 4.79 Å². The number of para-hydroxylation sites is 2. The zero-order valence-electron chi connectivity index (χ0n) is 21.1. The van der Waals surface area contributed by atoms with Crippen LogP contribution in [0.2, 0.25) is 0 Å². The molecule has 1 aliphatic rings. The highest BCUT2D eigenvalue weighted by atomic mass is 16.5. The van der Waals surface area contributed by atoms with Crippen LogP contribution < -0.4 is 15.2 Å². The molecule has 1 fully saturated rings. The highest BCUT2D eigenvalue weighted by Crippen LogP contribution is 2.23. The van der Waals surface area contributed by atoms with Crippen molar-refractivity contribution in [3.05, 3.63) is 93.9 Å². The third-order valence-corrected chi connectivity index (χ3v) is 7.04. The first-order chi connectivity index (χ1) is 17.4. The van der Waals surface area contributed by atoms with Gasteiger partial charge in [-0.05, 0) is 66.9 Å². The molecule has 0 radical (unpaired) electrons. The van der Waals surface area contributed by atoms with Gasteiger partial charge >= 0.3 is 5.69 Å². The number of aryl methyl sites for hydroxylation is 3. The zero-order valence-corrected chi connectivity index (χ0v) is 21.1. The van der Waals surface area contributed by atoms with Crippen LogP contribution in [0.25, 0.3) is 11.0 Å². The van der Waals surface area contributed by atoms with Crippen molar-refractivity contribution in [2.45, 2.75) is 39.1 Å². The molecular weight excluding hydrogens is 454 g/mol. The monoisotopic (exact) mass is 487 g/mol. The molecule has 188 valence electrons. The summed E-state index contributed by atoms with van der Waals surface area (Å²) in [6.07, 6.45) is -0.765. The normalized spacial score (nSPS) is 18.1. The third-order valence-electron chi connectivity index (χ3n) is 7.04. The van der Waals surface area contributed by atoms with E-state index in [0.717, 1.165) is 34.6 Å². The van der Waals surface area contributed by atoms with Crippen molar-refractivity contribution < 1.29 is 14.6 Å². The Morgan fingerprint density at radius 1 is 0.917 bits per heavy atom. The molecule has 1 aliphatic heterocycles. The average molecular weight is 488 g/mol. The van der Waals surface area contributed by atoms with Crippen molar-refractivity contribution in [3.8, 4) is 11.5 Å². The first-order valence-electron chi connectivity index (χ1n) is 12.4. The van der Waals surface area contributed by atoms with Crippen LogP contribution in [0.15, 0.2) is 71.5 Å². The molecule has 7 nitrogen and oxygen atoms in total. The van der Waals surface area contributed by atoms with Crippen molar-refractivity contribution in [1.82, 2.24) is 14.0 Å². The molecule has 0 unspecified atom stereocenters. The minimum absolute atomic E-state index is 0.0391. The van der Waals surface area contributed by atoms with Crippen molar-refractivity contribution in [3.63, 3.8) is 0 Å². The molecule has 7 heteroatoms. The summed E-state index contributed by atoms with van der Waals surface area (Å²) in [5, 5.41) is 10.5. The first-order valence-corrected chi connectivity index (χ1v) is 12.4. The number of fused-ring (bicyclic) bond motifs is 1. The number of rotatable bonds is 8. The van der Waals surface area contributed by atoms with Gasteiger partial charge in [0.1, 0.15) is 30.3 Å². The molecule has 36 heavy (non-hydrogen) atoms. The Kier molecular flexibility index (Phi) is 6.85. The van der Waals surface area contributed by atoms with Crippen LogP contribution in [0.3, 0.4) is 0 Å². The Morgan fingerprint density at radius 2 is 1.64 bits per heavy atom. The second-order valence-corrected chi connectivity index (χ2v) is 9.64. The third kappa shape index (κ3) is 5.03. The Morgan fingerprint density at radius 3 is 2.39 bits per heavy atom. The van der Waals surface area contributed by atoms with Gasteiger partial charge in [0.2, 0.25) is 0 Å². The van der Waals surface area contributed by atoms with Gasteiger partial charge in [-0.3, -0.25) is 14.0 Å². The summed E-state index contributed by atoms with van der Waals surface area (Å²) in [7, 11) is 1.79. The van der Waals surface area contributed by atoms with E-state index < -0.39 is 6.10 Å². The summed E-state index contributed by atoms with van der Waals surface area (Å²) in [5.41, 5.74) is 5.35. The van der Waals surface area contributed by atoms with Crippen LogP contribution in [0.5, 0.6) is 11.5 Å². The highest BCUT2D eigenvalue weighted by Gasteiger charge is 2.33. The van der Waals surface area contributed by atoms with E-state index >= 15 is 0 Å². The van der Waals surface area contributed by atoms with Crippen LogP contribution in [0.4, 0.5) is 0 Å². The van der Waals surface area contributed by atoms with Crippen LogP contribution in [0, 0.1) is 13.8 Å². The van der Waals surface area contributed by atoms with E-state index in [1.807, 2.05) is 66.7 Å². The van der Waals surface area contributed by atoms with Crippen molar-refractivity contribution in [2.75, 3.05) is 19.7 Å². The summed E-state index contributed by atoms with van der Waals surface area (Å²) in [5.74, 6) is 1.57. The van der Waals surface area contributed by atoms with Gasteiger partial charge in [-0.2, -0.15) is 0 Å². The van der Waals surface area contributed by atoms with Gasteiger partial charge < -0.3 is 14.6 Å². The maximum Gasteiger partial charge on any atom is 0.328 e. The van der Waals surface area contributed by atoms with Crippen molar-refractivity contribution in [2.24, 2.45) is 7.05 Å². The molecule has 1 aromatic heterocycles. The number of β-amino-alcohol motifs (C(OH)–C–C–N with tert-alkyl or cyclic N) is 1. The van der Waals surface area contributed by atoms with E-state index in [9.17, 15) is 9.90 Å². The largest absolute Gasteiger partial charge is 0.492 e. The average Bonchev–Trinajstić information content (AvgIpc) is 3.33. The van der Waals surface area contributed by atoms with Crippen LogP contribution in [-0.4, -0.2) is 51.0 Å². The highest BCUT2D eigenvalue weighted by molar-refractivity contribution is 5.75. The number of ether oxygens (including phenoxy) is 2. The Labute approximate surface area is 211 Å². The summed E-state index contributed by atoms with van der Waals surface area (Å²) in [6, 6.07) is 21.8. The second-order valence-electron chi connectivity index (χ2n) is 9.64. The lowest BCUT2D eigenvalue weighted by Crippen LogP contribution is -2.29. The predicted molar refractivity (Wildman–Crippen MR) is 141 cm³/mol. The molecule has 1 saturated heterocycles. The topological polar surface area (TPSA) is 68.9 Å². The van der Waals surface area contributed by atoms with E-state index in [1.165, 1.54) is 11.1 Å². The standard InChI is InChI=1S/C29H33N3O4/c1-20-8-11-24(16-21(20)2)36-28-19-31(18-27(28)33)17-22-9-12-23(13-10-22)35-15-14-32-26-7-5-4-6-25(26)30(3)29(32)34/h4-13,16,27-28,33H,14-15,17-19H2,1-3H3/t27-,28-/m0/s1. The minimum Gasteiger partial charge on any atom is -0.492 e. The Bertz CT molecular complexity index is 1410. The molecule has 4 aromatic rings. The lowest BCUT2D eigenvalue weighted by Gasteiger charge is -2.18. The molecule has 2 atom stereocenters. The molecule has 0 aliphatic carbocycles. The molecule has 0 bridgehead atoms. The van der Waals surface area contributed by atoms with E-state index in [0.29, 0.717) is 26.2 Å². The number of hydrogen-bond donors (Lipinski definition) is 1. The maximum absolute atomic E-state index is 12.6. The zero-order chi connectivity index (χ0) is 25.2. The van der Waals surface area contributed by atoms with Gasteiger partial charge in [0, 0.05) is 26.7 Å². The molecule has 0 amide bonds. The summed E-state index contributed by atoms with van der Waals surface area (Å²) >= 11 is 0. The van der Waals surface area contributed by atoms with Crippen LogP contribution >= 0.6 is 0 Å². The summed E-state index contributed by atoms with van der Waals surface area (Å²) in [6.45, 7) is 7.01. The van der Waals surface area contributed by atoms with E-state index in [4.69, 9.17) is 9.47 Å². The van der Waals surface area contributed by atoms with Gasteiger partial charge in [0.15, 0.2) is 0 Å². The minimum atomic E-state index is -0.522. The van der Waals surface area contributed by atoms with Crippen LogP contribution in [0.1, 0.15) is 16.7 Å². The number of imidazole rings is 1. The maximum atomic E-state index is 12.6. The molecule has 0 saturated carbocycles. The van der Waals surface area contributed by atoms with E-state index in [1.54, 1.807) is 16.2 Å². The molecule has 1 N–H and O–H groups in total. The Balaban J connectivity index is 1.14. The fourth-order valence-corrected chi connectivity index (χ4v) is 4.82. The molecule has 5 rings (SSSR count). The fraction of sp³-hybridized carbons (Fsp3) is 0.345. The quantitative estimate of drug-likeness (QED) is 0.411. The van der Waals surface area contributed by atoms with E-state index in [2.05, 4.69) is 18.7 Å². The smallest absolute Gasteiger partial charge is 0.328 e. The fourth-order valence-electron chi connectivity index (χ4n) is 4.82. The number of aliphatic hydroxyl groups is 1. The van der Waals surface area contributed by atoms with Gasteiger partial charge in [-0.15, -0.1) is 0 Å². The molecule has 3 aromatic carbocycles.